The van der Waals surface area contributed by atoms with E-state index in [2.05, 4.69) is 15.5 Å². The number of carbonyl (C=O) groups excluding carboxylic acids is 1. The van der Waals surface area contributed by atoms with Gasteiger partial charge in [-0.05, 0) is 54.1 Å². The van der Waals surface area contributed by atoms with E-state index < -0.39 is 11.8 Å². The lowest BCUT2D eigenvalue weighted by Gasteiger charge is -2.04. The highest BCUT2D eigenvalue weighted by molar-refractivity contribution is 7.14. The first-order chi connectivity index (χ1) is 14.7. The molecule has 7 heteroatoms. The van der Waals surface area contributed by atoms with Crippen molar-refractivity contribution in [1.82, 2.24) is 4.98 Å². The van der Waals surface area contributed by atoms with Gasteiger partial charge in [0.05, 0.1) is 17.5 Å². The summed E-state index contributed by atoms with van der Waals surface area (Å²) in [7, 11) is 0. The molecule has 0 bridgehead atoms. The molecule has 4 rings (SSSR count). The van der Waals surface area contributed by atoms with Gasteiger partial charge in [0.2, 0.25) is 5.13 Å². The second-order valence-corrected chi connectivity index (χ2v) is 7.10. The summed E-state index contributed by atoms with van der Waals surface area (Å²) in [6.45, 7) is 0. The minimum absolute atomic E-state index is 0.282. The number of thiazole rings is 1. The Bertz CT molecular complexity index is 1160. The fourth-order valence-electron chi connectivity index (χ4n) is 2.60. The van der Waals surface area contributed by atoms with E-state index in [0.29, 0.717) is 10.9 Å². The number of nitrogens with one attached hydrogen (secondary N) is 1. The molecule has 5 nitrogen and oxygen atoms in total. The second-order valence-electron chi connectivity index (χ2n) is 6.24. The first-order valence-electron chi connectivity index (χ1n) is 9.05. The largest absolute Gasteiger partial charge is 0.423 e. The van der Waals surface area contributed by atoms with Gasteiger partial charge in [0, 0.05) is 10.9 Å². The zero-order chi connectivity index (χ0) is 20.8. The van der Waals surface area contributed by atoms with E-state index in [1.54, 1.807) is 30.5 Å². The monoisotopic (exact) mass is 417 g/mol. The fraction of sp³-hybridized carbons (Fsp3) is 0. The van der Waals surface area contributed by atoms with E-state index in [9.17, 15) is 9.18 Å². The molecule has 1 N–H and O–H groups in total. The van der Waals surface area contributed by atoms with Crippen molar-refractivity contribution in [1.29, 1.82) is 0 Å². The molecule has 0 unspecified atom stereocenters. The Morgan fingerprint density at radius 3 is 2.47 bits per heavy atom. The van der Waals surface area contributed by atoms with Gasteiger partial charge < -0.3 is 4.74 Å². The highest BCUT2D eigenvalue weighted by Crippen LogP contribution is 2.24. The summed E-state index contributed by atoms with van der Waals surface area (Å²) in [6.07, 6.45) is 1.65. The van der Waals surface area contributed by atoms with E-state index in [-0.39, 0.29) is 5.56 Å². The third-order valence-electron chi connectivity index (χ3n) is 4.12. The van der Waals surface area contributed by atoms with Crippen molar-refractivity contribution in [3.8, 4) is 17.0 Å². The number of anilines is 1. The molecule has 0 saturated carbocycles. The number of esters is 1. The maximum atomic E-state index is 12.9. The molecule has 1 aromatic heterocycles. The van der Waals surface area contributed by atoms with E-state index in [1.165, 1.54) is 35.6 Å². The van der Waals surface area contributed by atoms with Gasteiger partial charge in [-0.2, -0.15) is 5.10 Å². The minimum atomic E-state index is -0.545. The summed E-state index contributed by atoms with van der Waals surface area (Å²) < 4.78 is 18.2. The highest BCUT2D eigenvalue weighted by Gasteiger charge is 2.08. The van der Waals surface area contributed by atoms with Crippen LogP contribution in [0.2, 0.25) is 0 Å². The lowest BCUT2D eigenvalue weighted by atomic mass is 10.2. The summed E-state index contributed by atoms with van der Waals surface area (Å²) in [6, 6.07) is 22.0. The molecule has 30 heavy (non-hydrogen) atoms. The van der Waals surface area contributed by atoms with Crippen molar-refractivity contribution < 1.29 is 13.9 Å². The normalized spacial score (nSPS) is 10.8. The van der Waals surface area contributed by atoms with Gasteiger partial charge in [0.15, 0.2) is 0 Å². The van der Waals surface area contributed by atoms with E-state index >= 15 is 0 Å². The van der Waals surface area contributed by atoms with Gasteiger partial charge in [-0.25, -0.2) is 14.2 Å². The van der Waals surface area contributed by atoms with Crippen LogP contribution in [0.15, 0.2) is 89.3 Å². The Morgan fingerprint density at radius 2 is 1.73 bits per heavy atom. The van der Waals surface area contributed by atoms with Gasteiger partial charge in [-0.1, -0.05) is 30.3 Å². The Hall–Kier alpha value is -3.84. The molecule has 0 saturated heterocycles. The fourth-order valence-corrected chi connectivity index (χ4v) is 3.27. The van der Waals surface area contributed by atoms with Crippen LogP contribution in [0.3, 0.4) is 0 Å². The van der Waals surface area contributed by atoms with E-state index in [1.807, 2.05) is 35.7 Å². The molecule has 0 atom stereocenters. The summed E-state index contributed by atoms with van der Waals surface area (Å²) in [5, 5.41) is 6.85. The number of nitrogens with zero attached hydrogens (tertiary/aromatic N) is 2. The van der Waals surface area contributed by atoms with Crippen molar-refractivity contribution in [2.75, 3.05) is 5.43 Å². The van der Waals surface area contributed by atoms with E-state index in [4.69, 9.17) is 4.74 Å². The average molecular weight is 417 g/mol. The Labute approximate surface area is 176 Å². The molecule has 4 aromatic rings. The van der Waals surface area contributed by atoms with Crippen molar-refractivity contribution in [3.63, 3.8) is 0 Å². The van der Waals surface area contributed by atoms with Crippen LogP contribution in [-0.4, -0.2) is 17.2 Å². The van der Waals surface area contributed by atoms with Crippen LogP contribution in [0.4, 0.5) is 9.52 Å². The number of hydrazone groups is 1. The minimum Gasteiger partial charge on any atom is -0.423 e. The van der Waals surface area contributed by atoms with Crippen LogP contribution >= 0.6 is 11.3 Å². The number of rotatable bonds is 6. The van der Waals surface area contributed by atoms with Crippen molar-refractivity contribution in [2.45, 2.75) is 0 Å². The zero-order valence-corrected chi connectivity index (χ0v) is 16.5. The first-order valence-corrected chi connectivity index (χ1v) is 9.93. The number of benzene rings is 3. The maximum Gasteiger partial charge on any atom is 0.343 e. The number of aromatic nitrogens is 1. The molecular weight excluding hydrogens is 401 g/mol. The molecule has 1 heterocycles. The molecule has 0 aliphatic rings. The SMILES string of the molecule is O=C(Oc1ccc(/C=N/Nc2nc(-c3ccccc3)cs2)cc1)c1ccc(F)cc1. The smallest absolute Gasteiger partial charge is 0.343 e. The standard InChI is InChI=1S/C23H16FN3O2S/c24-19-10-8-18(9-11-19)22(28)29-20-12-6-16(7-13-20)14-25-27-23-26-21(15-30-23)17-4-2-1-3-5-17/h1-15H,(H,26,27)/b25-14+. The third kappa shape index (κ3) is 4.95. The molecule has 0 aliphatic carbocycles. The topological polar surface area (TPSA) is 63.6 Å². The molecule has 0 spiro atoms. The quantitative estimate of drug-likeness (QED) is 0.192. The summed E-state index contributed by atoms with van der Waals surface area (Å²) >= 11 is 1.47. The number of ether oxygens (including phenoxy) is 1. The van der Waals surface area contributed by atoms with Crippen molar-refractivity contribution in [2.24, 2.45) is 5.10 Å². The van der Waals surface area contributed by atoms with Crippen molar-refractivity contribution >= 4 is 28.7 Å². The predicted octanol–water partition coefficient (Wildman–Crippen LogP) is 5.61. The van der Waals surface area contributed by atoms with Gasteiger partial charge in [0.1, 0.15) is 11.6 Å². The van der Waals surface area contributed by atoms with Crippen molar-refractivity contribution in [3.05, 3.63) is 101 Å². The van der Waals surface area contributed by atoms with Gasteiger partial charge in [0.25, 0.3) is 0 Å². The summed E-state index contributed by atoms with van der Waals surface area (Å²) in [4.78, 5) is 16.6. The van der Waals surface area contributed by atoms with Crippen LogP contribution in [0.25, 0.3) is 11.3 Å². The zero-order valence-electron chi connectivity index (χ0n) is 15.7. The van der Waals surface area contributed by atoms with Crippen LogP contribution in [0.1, 0.15) is 15.9 Å². The van der Waals surface area contributed by atoms with Gasteiger partial charge in [-0.15, -0.1) is 11.3 Å². The molecule has 0 aliphatic heterocycles. The number of carbonyl (C=O) groups is 1. The number of halogens is 1. The van der Waals surface area contributed by atoms with E-state index in [0.717, 1.165) is 16.8 Å². The van der Waals surface area contributed by atoms with Crippen LogP contribution < -0.4 is 10.2 Å². The lowest BCUT2D eigenvalue weighted by molar-refractivity contribution is 0.0734. The highest BCUT2D eigenvalue weighted by atomic mass is 32.1. The lowest BCUT2D eigenvalue weighted by Crippen LogP contribution is -2.08. The first kappa shape index (κ1) is 19.5. The average Bonchev–Trinajstić information content (AvgIpc) is 3.25. The maximum absolute atomic E-state index is 12.9. The van der Waals surface area contributed by atoms with Gasteiger partial charge in [-0.3, -0.25) is 5.43 Å². The van der Waals surface area contributed by atoms with Crippen LogP contribution in [0, 0.1) is 5.82 Å². The second kappa shape index (κ2) is 9.11. The molecule has 0 fully saturated rings. The molecule has 148 valence electrons. The number of hydrogen-bond acceptors (Lipinski definition) is 6. The van der Waals surface area contributed by atoms with Gasteiger partial charge >= 0.3 is 5.97 Å². The summed E-state index contributed by atoms with van der Waals surface area (Å²) in [5.74, 6) is -0.559. The third-order valence-corrected chi connectivity index (χ3v) is 4.87. The molecule has 0 radical (unpaired) electrons. The molecule has 0 amide bonds. The number of hydrogen-bond donors (Lipinski definition) is 1. The molecule has 3 aromatic carbocycles. The summed E-state index contributed by atoms with van der Waals surface area (Å²) in [5.41, 5.74) is 5.97. The Morgan fingerprint density at radius 1 is 1.00 bits per heavy atom. The molecular formula is C23H16FN3O2S. The predicted molar refractivity (Wildman–Crippen MR) is 117 cm³/mol. The van der Waals surface area contributed by atoms with Crippen LogP contribution in [-0.2, 0) is 0 Å². The Balaban J connectivity index is 1.33. The Kier molecular flexibility index (Phi) is 5.91. The van der Waals surface area contributed by atoms with Crippen LogP contribution in [0.5, 0.6) is 5.75 Å².